The highest BCUT2D eigenvalue weighted by Gasteiger charge is 2.31. The fourth-order valence-corrected chi connectivity index (χ4v) is 3.53. The maximum Gasteiger partial charge on any atom is 0.123 e. The molecule has 0 N–H and O–H groups in total. The molecule has 0 radical (unpaired) electrons. The van der Waals surface area contributed by atoms with Crippen molar-refractivity contribution in [2.24, 2.45) is 0 Å². The number of hydrogen-bond donors (Lipinski definition) is 0. The van der Waals surface area contributed by atoms with Crippen LogP contribution in [0.25, 0.3) is 0 Å². The summed E-state index contributed by atoms with van der Waals surface area (Å²) in [4.78, 5) is 7.01. The molecule has 1 aliphatic heterocycles. The molecule has 2 aromatic carbocycles. The lowest BCUT2D eigenvalue weighted by Gasteiger charge is -2.39. The van der Waals surface area contributed by atoms with Crippen molar-refractivity contribution in [1.29, 1.82) is 0 Å². The monoisotopic (exact) mass is 335 g/mol. The van der Waals surface area contributed by atoms with Crippen molar-refractivity contribution >= 4 is 0 Å². The number of nitrogens with zero attached hydrogens (tertiary/aromatic N) is 3. The van der Waals surface area contributed by atoms with Gasteiger partial charge < -0.3 is 4.57 Å². The van der Waals surface area contributed by atoms with E-state index in [1.165, 1.54) is 17.3 Å². The van der Waals surface area contributed by atoms with Crippen LogP contribution in [0.15, 0.2) is 60.8 Å². The van der Waals surface area contributed by atoms with Gasteiger partial charge in [-0.15, -0.1) is 0 Å². The molecule has 0 bridgehead atoms. The minimum absolute atomic E-state index is 0.163. The molecular formula is C21H22FN3. The zero-order valence-electron chi connectivity index (χ0n) is 14.4. The van der Waals surface area contributed by atoms with E-state index >= 15 is 0 Å². The van der Waals surface area contributed by atoms with Gasteiger partial charge in [0.15, 0.2) is 0 Å². The minimum Gasteiger partial charge on any atom is -0.328 e. The third-order valence-electron chi connectivity index (χ3n) is 4.89. The van der Waals surface area contributed by atoms with E-state index in [9.17, 15) is 4.39 Å². The van der Waals surface area contributed by atoms with Crippen molar-refractivity contribution in [2.75, 3.05) is 13.1 Å². The smallest absolute Gasteiger partial charge is 0.123 e. The van der Waals surface area contributed by atoms with E-state index in [1.54, 1.807) is 12.1 Å². The molecule has 4 rings (SSSR count). The second-order valence-corrected chi connectivity index (χ2v) is 6.85. The van der Waals surface area contributed by atoms with Gasteiger partial charge >= 0.3 is 0 Å². The summed E-state index contributed by atoms with van der Waals surface area (Å²) in [6.07, 6.45) is 1.97. The lowest BCUT2D eigenvalue weighted by molar-refractivity contribution is 0.132. The predicted octanol–water partition coefficient (Wildman–Crippen LogP) is 3.98. The van der Waals surface area contributed by atoms with Gasteiger partial charge in [-0.25, -0.2) is 9.37 Å². The molecule has 1 fully saturated rings. The topological polar surface area (TPSA) is 21.1 Å². The Balaban J connectivity index is 1.42. The largest absolute Gasteiger partial charge is 0.328 e. The van der Waals surface area contributed by atoms with Gasteiger partial charge in [0, 0.05) is 44.0 Å². The van der Waals surface area contributed by atoms with Gasteiger partial charge in [-0.05, 0) is 30.2 Å². The van der Waals surface area contributed by atoms with Crippen LogP contribution in [0.2, 0.25) is 0 Å². The number of aryl methyl sites for hydroxylation is 1. The first-order chi connectivity index (χ1) is 12.2. The van der Waals surface area contributed by atoms with Crippen LogP contribution in [0.1, 0.15) is 28.6 Å². The molecule has 25 heavy (non-hydrogen) atoms. The minimum atomic E-state index is -0.163. The van der Waals surface area contributed by atoms with Crippen LogP contribution in [0, 0.1) is 12.7 Å². The number of imidazole rings is 1. The molecule has 3 aromatic rings. The lowest BCUT2D eigenvalue weighted by Crippen LogP contribution is -2.45. The number of hydrogen-bond acceptors (Lipinski definition) is 2. The Morgan fingerprint density at radius 3 is 2.52 bits per heavy atom. The SMILES string of the molecule is Cc1cnc(C2CN(Cc3cccc(F)c3)C2)n1Cc1ccccc1. The first kappa shape index (κ1) is 16.0. The summed E-state index contributed by atoms with van der Waals surface area (Å²) in [6, 6.07) is 17.4. The zero-order valence-corrected chi connectivity index (χ0v) is 14.4. The summed E-state index contributed by atoms with van der Waals surface area (Å²) >= 11 is 0. The van der Waals surface area contributed by atoms with E-state index < -0.39 is 0 Å². The molecule has 1 aromatic heterocycles. The van der Waals surface area contributed by atoms with Crippen LogP contribution >= 0.6 is 0 Å². The van der Waals surface area contributed by atoms with Gasteiger partial charge in [0.1, 0.15) is 11.6 Å². The molecule has 128 valence electrons. The highest BCUT2D eigenvalue weighted by molar-refractivity contribution is 5.21. The Morgan fingerprint density at radius 2 is 1.76 bits per heavy atom. The molecular weight excluding hydrogens is 313 g/mol. The normalized spacial score (nSPS) is 15.3. The Hall–Kier alpha value is -2.46. The number of benzene rings is 2. The highest BCUT2D eigenvalue weighted by Crippen LogP contribution is 2.28. The summed E-state index contributed by atoms with van der Waals surface area (Å²) < 4.78 is 15.6. The van der Waals surface area contributed by atoms with Crippen molar-refractivity contribution < 1.29 is 4.39 Å². The van der Waals surface area contributed by atoms with E-state index in [4.69, 9.17) is 0 Å². The van der Waals surface area contributed by atoms with Crippen molar-refractivity contribution in [3.8, 4) is 0 Å². The molecule has 1 saturated heterocycles. The lowest BCUT2D eigenvalue weighted by atomic mass is 9.98. The third-order valence-corrected chi connectivity index (χ3v) is 4.89. The standard InChI is InChI=1S/C21H22FN3/c1-16-11-23-21(25(16)13-17-6-3-2-4-7-17)19-14-24(15-19)12-18-8-5-9-20(22)10-18/h2-11,19H,12-15H2,1H3. The van der Waals surface area contributed by atoms with Gasteiger partial charge in [-0.2, -0.15) is 0 Å². The summed E-state index contributed by atoms with van der Waals surface area (Å²) in [7, 11) is 0. The maximum absolute atomic E-state index is 13.3. The van der Waals surface area contributed by atoms with Crippen molar-refractivity contribution in [3.63, 3.8) is 0 Å². The fraction of sp³-hybridized carbons (Fsp3) is 0.286. The second kappa shape index (κ2) is 6.81. The van der Waals surface area contributed by atoms with E-state index in [1.807, 2.05) is 18.3 Å². The predicted molar refractivity (Wildman–Crippen MR) is 96.9 cm³/mol. The summed E-state index contributed by atoms with van der Waals surface area (Å²) in [6.45, 7) is 5.72. The molecule has 0 atom stereocenters. The van der Waals surface area contributed by atoms with E-state index in [0.29, 0.717) is 5.92 Å². The summed E-state index contributed by atoms with van der Waals surface area (Å²) in [5, 5.41) is 0. The first-order valence-corrected chi connectivity index (χ1v) is 8.72. The van der Waals surface area contributed by atoms with E-state index in [-0.39, 0.29) is 5.82 Å². The molecule has 0 aliphatic carbocycles. The van der Waals surface area contributed by atoms with Gasteiger partial charge in [0.25, 0.3) is 0 Å². The van der Waals surface area contributed by atoms with Crippen LogP contribution in [-0.4, -0.2) is 27.5 Å². The van der Waals surface area contributed by atoms with Crippen LogP contribution < -0.4 is 0 Å². The molecule has 3 nitrogen and oxygen atoms in total. The number of aromatic nitrogens is 2. The fourth-order valence-electron chi connectivity index (χ4n) is 3.53. The summed E-state index contributed by atoms with van der Waals surface area (Å²) in [5.41, 5.74) is 3.52. The molecule has 2 heterocycles. The second-order valence-electron chi connectivity index (χ2n) is 6.85. The molecule has 0 saturated carbocycles. The molecule has 0 spiro atoms. The van der Waals surface area contributed by atoms with E-state index in [2.05, 4.69) is 45.6 Å². The number of halogens is 1. The van der Waals surface area contributed by atoms with Gasteiger partial charge in [-0.3, -0.25) is 4.90 Å². The van der Waals surface area contributed by atoms with Crippen LogP contribution in [0.3, 0.4) is 0 Å². The van der Waals surface area contributed by atoms with Crippen LogP contribution in [0.4, 0.5) is 4.39 Å². The zero-order chi connectivity index (χ0) is 17.2. The number of rotatable bonds is 5. The van der Waals surface area contributed by atoms with Crippen molar-refractivity contribution in [2.45, 2.75) is 25.9 Å². The van der Waals surface area contributed by atoms with E-state index in [0.717, 1.165) is 37.6 Å². The van der Waals surface area contributed by atoms with Gasteiger partial charge in [0.05, 0.1) is 0 Å². The summed E-state index contributed by atoms with van der Waals surface area (Å²) in [5.74, 6) is 1.45. The Morgan fingerprint density at radius 1 is 1.00 bits per heavy atom. The average Bonchev–Trinajstić information content (AvgIpc) is 2.92. The Labute approximate surface area is 147 Å². The highest BCUT2D eigenvalue weighted by atomic mass is 19.1. The third kappa shape index (κ3) is 3.49. The van der Waals surface area contributed by atoms with Crippen molar-refractivity contribution in [3.05, 3.63) is 89.3 Å². The molecule has 1 aliphatic rings. The van der Waals surface area contributed by atoms with Gasteiger partial charge in [0.2, 0.25) is 0 Å². The van der Waals surface area contributed by atoms with Crippen LogP contribution in [0.5, 0.6) is 0 Å². The first-order valence-electron chi connectivity index (χ1n) is 8.72. The quantitative estimate of drug-likeness (QED) is 0.703. The molecule has 4 heteroatoms. The Kier molecular flexibility index (Phi) is 4.36. The van der Waals surface area contributed by atoms with Crippen LogP contribution in [-0.2, 0) is 13.1 Å². The maximum atomic E-state index is 13.3. The molecule has 0 unspecified atom stereocenters. The molecule has 0 amide bonds. The Bertz CT molecular complexity index is 851. The van der Waals surface area contributed by atoms with Gasteiger partial charge in [-0.1, -0.05) is 42.5 Å². The number of likely N-dealkylation sites (tertiary alicyclic amines) is 1. The van der Waals surface area contributed by atoms with Crippen molar-refractivity contribution in [1.82, 2.24) is 14.5 Å². The average molecular weight is 335 g/mol.